The van der Waals surface area contributed by atoms with Crippen LogP contribution in [0.2, 0.25) is 0 Å². The van der Waals surface area contributed by atoms with Crippen LogP contribution in [0, 0.1) is 0 Å². The molecule has 16 heavy (non-hydrogen) atoms. The highest BCUT2D eigenvalue weighted by atomic mass is 16.1. The van der Waals surface area contributed by atoms with Gasteiger partial charge in [-0.3, -0.25) is 14.9 Å². The molecule has 3 rings (SSSR count). The highest BCUT2D eigenvalue weighted by Crippen LogP contribution is 2.13. The van der Waals surface area contributed by atoms with Gasteiger partial charge in [0.15, 0.2) is 16.9 Å². The summed E-state index contributed by atoms with van der Waals surface area (Å²) >= 11 is 0. The molecule has 0 aliphatic heterocycles. The van der Waals surface area contributed by atoms with Gasteiger partial charge < -0.3 is 0 Å². The van der Waals surface area contributed by atoms with E-state index in [0.717, 1.165) is 5.56 Å². The molecular weight excluding hydrogens is 204 g/mol. The molecule has 5 heteroatoms. The number of hydrogen-bond donors (Lipinski definition) is 1. The highest BCUT2D eigenvalue weighted by molar-refractivity contribution is 5.56. The zero-order chi connectivity index (χ0) is 11.0. The first-order valence-corrected chi connectivity index (χ1v) is 4.82. The Morgan fingerprint density at radius 2 is 2.25 bits per heavy atom. The van der Waals surface area contributed by atoms with Crippen LogP contribution in [0.1, 0.15) is 0 Å². The van der Waals surface area contributed by atoms with Crippen molar-refractivity contribution in [2.45, 2.75) is 0 Å². The maximum Gasteiger partial charge on any atom is 0.183 e. The SMILES string of the molecule is O=c1ccn2[nH]c(-c3cccnc3)nc2c1. The highest BCUT2D eigenvalue weighted by Gasteiger charge is 2.03. The fraction of sp³-hybridized carbons (Fsp3) is 0. The number of pyridine rings is 2. The van der Waals surface area contributed by atoms with Gasteiger partial charge in [-0.15, -0.1) is 0 Å². The third-order valence-corrected chi connectivity index (χ3v) is 2.29. The van der Waals surface area contributed by atoms with Gasteiger partial charge in [0.1, 0.15) is 0 Å². The Labute approximate surface area is 90.4 Å². The lowest BCUT2D eigenvalue weighted by Crippen LogP contribution is -1.98. The third kappa shape index (κ3) is 1.38. The smallest absolute Gasteiger partial charge is 0.183 e. The zero-order valence-corrected chi connectivity index (χ0v) is 8.29. The molecule has 0 bridgehead atoms. The van der Waals surface area contributed by atoms with E-state index >= 15 is 0 Å². The summed E-state index contributed by atoms with van der Waals surface area (Å²) in [6.45, 7) is 0. The summed E-state index contributed by atoms with van der Waals surface area (Å²) in [5, 5.41) is 3.07. The van der Waals surface area contributed by atoms with Gasteiger partial charge in [0.25, 0.3) is 0 Å². The van der Waals surface area contributed by atoms with E-state index in [-0.39, 0.29) is 5.43 Å². The summed E-state index contributed by atoms with van der Waals surface area (Å²) in [7, 11) is 0. The molecule has 3 heterocycles. The number of H-pyrrole nitrogens is 1. The molecule has 0 saturated carbocycles. The normalized spacial score (nSPS) is 10.8. The van der Waals surface area contributed by atoms with E-state index in [9.17, 15) is 4.79 Å². The number of nitrogens with zero attached hydrogens (tertiary/aromatic N) is 3. The van der Waals surface area contributed by atoms with Crippen molar-refractivity contribution >= 4 is 5.65 Å². The lowest BCUT2D eigenvalue weighted by atomic mass is 10.3. The second-order valence-corrected chi connectivity index (χ2v) is 3.40. The lowest BCUT2D eigenvalue weighted by Gasteiger charge is -1.92. The van der Waals surface area contributed by atoms with E-state index in [1.54, 1.807) is 23.1 Å². The molecule has 0 saturated heterocycles. The summed E-state index contributed by atoms with van der Waals surface area (Å²) < 4.78 is 1.70. The summed E-state index contributed by atoms with van der Waals surface area (Å²) in [6, 6.07) is 6.71. The second-order valence-electron chi connectivity index (χ2n) is 3.40. The third-order valence-electron chi connectivity index (χ3n) is 2.29. The van der Waals surface area contributed by atoms with Crippen LogP contribution in [-0.4, -0.2) is 19.6 Å². The van der Waals surface area contributed by atoms with Crippen LogP contribution in [0.5, 0.6) is 0 Å². The van der Waals surface area contributed by atoms with Crippen LogP contribution < -0.4 is 5.43 Å². The molecule has 0 atom stereocenters. The molecule has 5 nitrogen and oxygen atoms in total. The van der Waals surface area contributed by atoms with Gasteiger partial charge >= 0.3 is 0 Å². The fourth-order valence-electron chi connectivity index (χ4n) is 1.54. The van der Waals surface area contributed by atoms with E-state index in [4.69, 9.17) is 0 Å². The van der Waals surface area contributed by atoms with Crippen LogP contribution in [-0.2, 0) is 0 Å². The molecule has 0 aliphatic carbocycles. The first-order chi connectivity index (χ1) is 7.83. The van der Waals surface area contributed by atoms with Crippen molar-refractivity contribution in [3.63, 3.8) is 0 Å². The van der Waals surface area contributed by atoms with Crippen LogP contribution in [0.15, 0.2) is 47.7 Å². The Balaban J connectivity index is 2.23. The molecule has 3 aromatic heterocycles. The zero-order valence-electron chi connectivity index (χ0n) is 8.29. The van der Waals surface area contributed by atoms with Crippen molar-refractivity contribution < 1.29 is 0 Å². The Bertz CT molecular complexity index is 684. The number of hydrogen-bond acceptors (Lipinski definition) is 3. The van der Waals surface area contributed by atoms with Crippen molar-refractivity contribution in [2.75, 3.05) is 0 Å². The number of aromatic nitrogens is 4. The molecular formula is C11H8N4O. The van der Waals surface area contributed by atoms with E-state index in [1.807, 2.05) is 12.1 Å². The summed E-state index contributed by atoms with van der Waals surface area (Å²) in [5.74, 6) is 0.693. The Morgan fingerprint density at radius 3 is 3.06 bits per heavy atom. The van der Waals surface area contributed by atoms with Crippen molar-refractivity contribution in [3.8, 4) is 11.4 Å². The van der Waals surface area contributed by atoms with Crippen LogP contribution in [0.3, 0.4) is 0 Å². The van der Waals surface area contributed by atoms with Crippen LogP contribution >= 0.6 is 0 Å². The lowest BCUT2D eigenvalue weighted by molar-refractivity contribution is 0.962. The van der Waals surface area contributed by atoms with E-state index in [2.05, 4.69) is 15.1 Å². The minimum Gasteiger partial charge on any atom is -0.290 e. The van der Waals surface area contributed by atoms with Crippen molar-refractivity contribution in [1.29, 1.82) is 0 Å². The molecule has 3 aromatic rings. The first kappa shape index (κ1) is 8.84. The number of rotatable bonds is 1. The Kier molecular flexibility index (Phi) is 1.83. The van der Waals surface area contributed by atoms with Crippen molar-refractivity contribution in [2.24, 2.45) is 0 Å². The molecule has 0 aliphatic rings. The summed E-state index contributed by atoms with van der Waals surface area (Å²) in [4.78, 5) is 19.5. The van der Waals surface area contributed by atoms with Crippen LogP contribution in [0.4, 0.5) is 0 Å². The largest absolute Gasteiger partial charge is 0.290 e. The molecule has 0 spiro atoms. The second kappa shape index (κ2) is 3.30. The average molecular weight is 212 g/mol. The van der Waals surface area contributed by atoms with E-state index in [1.165, 1.54) is 12.1 Å². The molecule has 0 fully saturated rings. The fourth-order valence-corrected chi connectivity index (χ4v) is 1.54. The minimum absolute atomic E-state index is 0.0516. The summed E-state index contributed by atoms with van der Waals surface area (Å²) in [5.41, 5.74) is 1.44. The van der Waals surface area contributed by atoms with E-state index < -0.39 is 0 Å². The molecule has 0 aromatic carbocycles. The molecule has 1 N–H and O–H groups in total. The predicted molar refractivity (Wildman–Crippen MR) is 59.0 cm³/mol. The standard InChI is InChI=1S/C11H8N4O/c16-9-3-5-15-10(6-9)13-11(14-15)8-2-1-4-12-7-8/h1-7H,(H,13,14). The number of fused-ring (bicyclic) bond motifs is 1. The topological polar surface area (TPSA) is 63.0 Å². The molecule has 0 amide bonds. The number of aromatic amines is 1. The van der Waals surface area contributed by atoms with Crippen LogP contribution in [0.25, 0.3) is 17.0 Å². The van der Waals surface area contributed by atoms with Gasteiger partial charge in [-0.2, -0.15) is 0 Å². The summed E-state index contributed by atoms with van der Waals surface area (Å²) in [6.07, 6.45) is 5.08. The van der Waals surface area contributed by atoms with Crippen molar-refractivity contribution in [1.82, 2.24) is 19.6 Å². The van der Waals surface area contributed by atoms with Gasteiger partial charge in [-0.05, 0) is 12.1 Å². The van der Waals surface area contributed by atoms with E-state index in [0.29, 0.717) is 11.5 Å². The first-order valence-electron chi connectivity index (χ1n) is 4.82. The van der Waals surface area contributed by atoms with Gasteiger partial charge in [0, 0.05) is 36.3 Å². The van der Waals surface area contributed by atoms with Gasteiger partial charge in [-0.1, -0.05) is 0 Å². The molecule has 78 valence electrons. The number of nitrogens with one attached hydrogen (secondary N) is 1. The maximum atomic E-state index is 11.1. The Morgan fingerprint density at radius 1 is 1.31 bits per heavy atom. The van der Waals surface area contributed by atoms with Gasteiger partial charge in [0.05, 0.1) is 0 Å². The van der Waals surface area contributed by atoms with Gasteiger partial charge in [0.2, 0.25) is 0 Å². The molecule has 0 unspecified atom stereocenters. The predicted octanol–water partition coefficient (Wildman–Crippen LogP) is 1.08. The minimum atomic E-state index is -0.0516. The van der Waals surface area contributed by atoms with Gasteiger partial charge in [-0.25, -0.2) is 9.50 Å². The molecule has 0 radical (unpaired) electrons. The van der Waals surface area contributed by atoms with Crippen molar-refractivity contribution in [3.05, 3.63) is 53.1 Å². The Hall–Kier alpha value is -2.43. The average Bonchev–Trinajstić information content (AvgIpc) is 2.73. The maximum absolute atomic E-state index is 11.1. The monoisotopic (exact) mass is 212 g/mol. The quantitative estimate of drug-likeness (QED) is 0.656.